The molecule has 9 nitrogen and oxygen atoms in total. The lowest BCUT2D eigenvalue weighted by Gasteiger charge is -2.44. The molecule has 7 rings (SSSR count). The molecule has 250 valence electrons. The van der Waals surface area contributed by atoms with Crippen molar-refractivity contribution < 1.29 is 28.5 Å². The Morgan fingerprint density at radius 3 is 2.21 bits per heavy atom. The molecule has 0 saturated carbocycles. The van der Waals surface area contributed by atoms with E-state index in [9.17, 15) is 9.59 Å². The molecule has 3 aromatic carbocycles. The van der Waals surface area contributed by atoms with Crippen LogP contribution in [-0.2, 0) is 20.7 Å². The Labute approximate surface area is 290 Å². The second kappa shape index (κ2) is 15.3. The van der Waals surface area contributed by atoms with Gasteiger partial charge in [0.15, 0.2) is 17.5 Å². The minimum absolute atomic E-state index is 0.110. The number of carbonyl (C=O) groups is 2. The normalized spacial score (nSPS) is 19.5. The number of rotatable bonds is 12. The first-order valence-corrected chi connectivity index (χ1v) is 16.6. The van der Waals surface area contributed by atoms with E-state index < -0.39 is 18.1 Å². The summed E-state index contributed by atoms with van der Waals surface area (Å²) in [5.74, 6) is 0.543. The lowest BCUT2D eigenvalue weighted by atomic mass is 9.86. The highest BCUT2D eigenvalue weighted by Crippen LogP contribution is 2.36. The first kappa shape index (κ1) is 33.6. The van der Waals surface area contributed by atoms with Crippen LogP contribution < -0.4 is 14.8 Å². The number of ether oxygens (including phenoxy) is 4. The van der Waals surface area contributed by atoms with Crippen molar-refractivity contribution in [2.45, 2.75) is 37.5 Å². The van der Waals surface area contributed by atoms with Gasteiger partial charge in [0, 0.05) is 31.0 Å². The number of carbonyl (C=O) groups excluding carboxylic acids is 2. The molecule has 0 spiro atoms. The summed E-state index contributed by atoms with van der Waals surface area (Å²) in [6.45, 7) is 2.90. The lowest BCUT2D eigenvalue weighted by Crippen LogP contribution is -2.52. The molecule has 0 amide bonds. The summed E-state index contributed by atoms with van der Waals surface area (Å²) in [4.78, 5) is 33.5. The smallest absolute Gasteiger partial charge is 0.338 e. The van der Waals surface area contributed by atoms with Gasteiger partial charge in [-0.1, -0.05) is 59.6 Å². The molecule has 1 aromatic heterocycles. The summed E-state index contributed by atoms with van der Waals surface area (Å²) < 4.78 is 23.1. The predicted molar refractivity (Wildman–Crippen MR) is 184 cm³/mol. The number of aromatic nitrogens is 1. The van der Waals surface area contributed by atoms with Crippen LogP contribution >= 0.6 is 23.2 Å². The molecule has 1 unspecified atom stereocenters. The molecule has 0 aliphatic carbocycles. The van der Waals surface area contributed by atoms with Crippen LogP contribution in [0.2, 0.25) is 10.0 Å². The molecule has 1 N–H and O–H groups in total. The molecular weight excluding hydrogens is 653 g/mol. The third-order valence-corrected chi connectivity index (χ3v) is 9.69. The number of hydrogen-bond acceptors (Lipinski definition) is 9. The topological polar surface area (TPSA) is 99.2 Å². The molecule has 3 aliphatic rings. The standard InChI is InChI=1S/C37H37Cl2N3O6/c1-45-31-13-10-26(18-33(31)46-2)32(19-28-29(38)20-40-21-30(28)39)47-36(43)25-8-11-27(12-9-25)41-35(24-6-4-3-5-7-24)37(44)48-34-22-42-16-14-23(34)15-17-42/h3-13,18,20-21,23,32,34-35,41H,14-17,19,22H2,1-2H3/t32-,34-,35?/m0/s1. The summed E-state index contributed by atoms with van der Waals surface area (Å²) in [6, 6.07) is 20.9. The Balaban J connectivity index is 1.20. The van der Waals surface area contributed by atoms with Gasteiger partial charge in [0.25, 0.3) is 0 Å². The first-order valence-electron chi connectivity index (χ1n) is 15.9. The van der Waals surface area contributed by atoms with E-state index in [2.05, 4.69) is 15.2 Å². The van der Waals surface area contributed by atoms with Crippen LogP contribution in [0.4, 0.5) is 5.69 Å². The zero-order valence-electron chi connectivity index (χ0n) is 26.7. The van der Waals surface area contributed by atoms with E-state index in [0.717, 1.165) is 38.0 Å². The van der Waals surface area contributed by atoms with Crippen molar-refractivity contribution in [1.82, 2.24) is 9.88 Å². The van der Waals surface area contributed by atoms with E-state index in [0.29, 0.717) is 49.8 Å². The summed E-state index contributed by atoms with van der Waals surface area (Å²) in [7, 11) is 3.09. The monoisotopic (exact) mass is 689 g/mol. The molecule has 4 heterocycles. The fourth-order valence-corrected chi connectivity index (χ4v) is 6.87. The summed E-state index contributed by atoms with van der Waals surface area (Å²) >= 11 is 12.9. The van der Waals surface area contributed by atoms with Crippen LogP contribution in [0, 0.1) is 5.92 Å². The molecule has 3 aliphatic heterocycles. The van der Waals surface area contributed by atoms with E-state index >= 15 is 0 Å². The maximum absolute atomic E-state index is 13.6. The average molecular weight is 691 g/mol. The Hall–Kier alpha value is -4.31. The van der Waals surface area contributed by atoms with Gasteiger partial charge in [0.2, 0.25) is 0 Å². The molecule has 3 atom stereocenters. The maximum Gasteiger partial charge on any atom is 0.338 e. The lowest BCUT2D eigenvalue weighted by molar-refractivity contribution is -0.159. The van der Waals surface area contributed by atoms with Crippen molar-refractivity contribution in [3.8, 4) is 11.5 Å². The average Bonchev–Trinajstić information content (AvgIpc) is 3.12. The van der Waals surface area contributed by atoms with Crippen LogP contribution in [0.25, 0.3) is 0 Å². The van der Waals surface area contributed by atoms with Crippen molar-refractivity contribution in [1.29, 1.82) is 0 Å². The van der Waals surface area contributed by atoms with E-state index in [-0.39, 0.29) is 18.5 Å². The highest BCUT2D eigenvalue weighted by atomic mass is 35.5. The van der Waals surface area contributed by atoms with Gasteiger partial charge in [0.1, 0.15) is 12.2 Å². The van der Waals surface area contributed by atoms with Crippen LogP contribution in [0.5, 0.6) is 11.5 Å². The number of fused-ring (bicyclic) bond motifs is 3. The van der Waals surface area contributed by atoms with Crippen molar-refractivity contribution >= 4 is 40.8 Å². The molecule has 11 heteroatoms. The Kier molecular flexibility index (Phi) is 10.7. The minimum atomic E-state index is -0.767. The van der Waals surface area contributed by atoms with Crippen molar-refractivity contribution in [3.63, 3.8) is 0 Å². The summed E-state index contributed by atoms with van der Waals surface area (Å²) in [6.07, 6.45) is 4.41. The van der Waals surface area contributed by atoms with Crippen LogP contribution in [-0.4, -0.2) is 61.8 Å². The first-order chi connectivity index (χ1) is 23.3. The molecule has 3 saturated heterocycles. The van der Waals surface area contributed by atoms with Crippen molar-refractivity contribution in [2.24, 2.45) is 5.92 Å². The number of anilines is 1. The molecule has 0 radical (unpaired) electrons. The van der Waals surface area contributed by atoms with Gasteiger partial charge < -0.3 is 24.3 Å². The molecule has 4 aromatic rings. The minimum Gasteiger partial charge on any atom is -0.493 e. The molecule has 48 heavy (non-hydrogen) atoms. The van der Waals surface area contributed by atoms with Gasteiger partial charge in [-0.15, -0.1) is 0 Å². The number of halogens is 2. The van der Waals surface area contributed by atoms with Crippen molar-refractivity contribution in [2.75, 3.05) is 39.2 Å². The van der Waals surface area contributed by atoms with Gasteiger partial charge in [-0.05, 0) is 84.9 Å². The zero-order chi connectivity index (χ0) is 33.6. The van der Waals surface area contributed by atoms with Gasteiger partial charge in [-0.3, -0.25) is 9.88 Å². The predicted octanol–water partition coefficient (Wildman–Crippen LogP) is 7.34. The Morgan fingerprint density at radius 1 is 0.896 bits per heavy atom. The highest BCUT2D eigenvalue weighted by Gasteiger charge is 2.38. The number of methoxy groups -OCH3 is 2. The number of piperidine rings is 3. The van der Waals surface area contributed by atoms with Gasteiger partial charge in [-0.25, -0.2) is 9.59 Å². The summed E-state index contributed by atoms with van der Waals surface area (Å²) in [5.41, 5.74) is 3.02. The Morgan fingerprint density at radius 2 is 1.58 bits per heavy atom. The van der Waals surface area contributed by atoms with Crippen molar-refractivity contribution in [3.05, 3.63) is 117 Å². The Bertz CT molecular complexity index is 1710. The quantitative estimate of drug-likeness (QED) is 0.153. The van der Waals surface area contributed by atoms with Gasteiger partial charge in [0.05, 0.1) is 29.8 Å². The molecule has 3 fully saturated rings. The fourth-order valence-electron chi connectivity index (χ4n) is 6.35. The van der Waals surface area contributed by atoms with E-state index in [1.165, 1.54) is 19.5 Å². The second-order valence-corrected chi connectivity index (χ2v) is 12.8. The highest BCUT2D eigenvalue weighted by molar-refractivity contribution is 6.35. The van der Waals surface area contributed by atoms with Crippen LogP contribution in [0.3, 0.4) is 0 Å². The van der Waals surface area contributed by atoms with E-state index in [1.807, 2.05) is 30.3 Å². The summed E-state index contributed by atoms with van der Waals surface area (Å²) in [5, 5.41) is 4.05. The third kappa shape index (κ3) is 7.70. The maximum atomic E-state index is 13.6. The number of hydrogen-bond donors (Lipinski definition) is 1. The molecular formula is C37H37Cl2N3O6. The number of pyridine rings is 1. The fraction of sp³-hybridized carbons (Fsp3) is 0.324. The third-order valence-electron chi connectivity index (χ3n) is 9.03. The zero-order valence-corrected chi connectivity index (χ0v) is 28.2. The SMILES string of the molecule is COc1ccc([C@H](Cc2c(Cl)cncc2Cl)OC(=O)c2ccc(NC(C(=O)O[C@H]3CN4CCC3CC4)c3ccccc3)cc2)cc1OC. The van der Waals surface area contributed by atoms with E-state index in [4.69, 9.17) is 42.1 Å². The van der Waals surface area contributed by atoms with Crippen LogP contribution in [0.1, 0.15) is 52.0 Å². The largest absolute Gasteiger partial charge is 0.493 e. The number of benzene rings is 3. The van der Waals surface area contributed by atoms with Gasteiger partial charge >= 0.3 is 11.9 Å². The van der Waals surface area contributed by atoms with Gasteiger partial charge in [-0.2, -0.15) is 0 Å². The van der Waals surface area contributed by atoms with E-state index in [1.54, 1.807) is 49.6 Å². The second-order valence-electron chi connectivity index (χ2n) is 12.0. The van der Waals surface area contributed by atoms with Crippen LogP contribution in [0.15, 0.2) is 85.2 Å². The molecule has 2 bridgehead atoms. The number of esters is 2. The number of nitrogens with zero attached hydrogens (tertiary/aromatic N) is 2. The number of nitrogens with one attached hydrogen (secondary N) is 1.